The van der Waals surface area contributed by atoms with Gasteiger partial charge in [-0.3, -0.25) is 10.1 Å². The molecule has 0 saturated carbocycles. The smallest absolute Gasteiger partial charge is 0.270 e. The Balaban J connectivity index is 1.63. The zero-order chi connectivity index (χ0) is 15.9. The van der Waals surface area contributed by atoms with Crippen LogP contribution in [0.1, 0.15) is 6.42 Å². The Morgan fingerprint density at radius 2 is 2.17 bits per heavy atom. The summed E-state index contributed by atoms with van der Waals surface area (Å²) in [5.41, 5.74) is 0.626. The number of benzene rings is 1. The average molecular weight is 315 g/mol. The van der Waals surface area contributed by atoms with Crippen LogP contribution in [0.15, 0.2) is 30.3 Å². The lowest BCUT2D eigenvalue weighted by atomic mass is 10.0. The molecule has 120 valence electrons. The molecule has 1 unspecified atom stereocenters. The van der Waals surface area contributed by atoms with Crippen LogP contribution < -0.4 is 4.90 Å². The lowest BCUT2D eigenvalue weighted by molar-refractivity contribution is -0.384. The fraction of sp³-hybridized carbons (Fsp3) is 0.438. The minimum Gasteiger partial charge on any atom is -0.378 e. The molecule has 0 radical (unpaired) electrons. The number of rotatable bonds is 2. The third kappa shape index (κ3) is 2.62. The lowest BCUT2D eigenvalue weighted by Gasteiger charge is -2.40. The van der Waals surface area contributed by atoms with Gasteiger partial charge in [0.15, 0.2) is 0 Å². The SMILES string of the molecule is O=[N+]([O-])c1ccc2nc(N3CCOC4(CCOC4)C3)ccc2c1. The predicted octanol–water partition coefficient (Wildman–Crippen LogP) is 2.14. The van der Waals surface area contributed by atoms with E-state index in [1.807, 2.05) is 12.1 Å². The van der Waals surface area contributed by atoms with E-state index in [1.165, 1.54) is 6.07 Å². The van der Waals surface area contributed by atoms with Gasteiger partial charge >= 0.3 is 0 Å². The Kier molecular flexibility index (Phi) is 3.39. The van der Waals surface area contributed by atoms with Crippen molar-refractivity contribution in [3.05, 3.63) is 40.4 Å². The van der Waals surface area contributed by atoms with Gasteiger partial charge in [0.25, 0.3) is 5.69 Å². The summed E-state index contributed by atoms with van der Waals surface area (Å²) in [6.07, 6.45) is 0.906. The fourth-order valence-electron chi connectivity index (χ4n) is 3.26. The van der Waals surface area contributed by atoms with E-state index in [9.17, 15) is 10.1 Å². The molecule has 1 aromatic carbocycles. The van der Waals surface area contributed by atoms with Gasteiger partial charge in [-0.15, -0.1) is 0 Å². The first-order valence-electron chi connectivity index (χ1n) is 7.67. The minimum absolute atomic E-state index is 0.0838. The van der Waals surface area contributed by atoms with Gasteiger partial charge in [0.1, 0.15) is 11.4 Å². The van der Waals surface area contributed by atoms with Gasteiger partial charge in [0, 0.05) is 37.1 Å². The number of nitro benzene ring substituents is 1. The standard InChI is InChI=1S/C16H17N3O4/c20-19(21)13-2-3-14-12(9-13)1-4-15(17-14)18-6-8-23-16(10-18)5-7-22-11-16/h1-4,9H,5-8,10-11H2. The van der Waals surface area contributed by atoms with Crippen LogP contribution in [0.3, 0.4) is 0 Å². The Morgan fingerprint density at radius 1 is 1.26 bits per heavy atom. The first-order chi connectivity index (χ1) is 11.2. The molecule has 7 heteroatoms. The number of hydrogen-bond acceptors (Lipinski definition) is 6. The molecule has 2 fully saturated rings. The maximum absolute atomic E-state index is 10.9. The van der Waals surface area contributed by atoms with E-state index >= 15 is 0 Å². The zero-order valence-electron chi connectivity index (χ0n) is 12.6. The van der Waals surface area contributed by atoms with Gasteiger partial charge in [-0.1, -0.05) is 0 Å². The number of anilines is 1. The number of fused-ring (bicyclic) bond motifs is 1. The highest BCUT2D eigenvalue weighted by Gasteiger charge is 2.40. The summed E-state index contributed by atoms with van der Waals surface area (Å²) in [5.74, 6) is 0.876. The van der Waals surface area contributed by atoms with Crippen LogP contribution in [0.4, 0.5) is 11.5 Å². The molecule has 2 aromatic rings. The summed E-state index contributed by atoms with van der Waals surface area (Å²) in [6.45, 7) is 3.57. The van der Waals surface area contributed by atoms with Crippen molar-refractivity contribution in [2.45, 2.75) is 12.0 Å². The molecule has 0 N–H and O–H groups in total. The highest BCUT2D eigenvalue weighted by Crippen LogP contribution is 2.30. The van der Waals surface area contributed by atoms with Gasteiger partial charge in [-0.25, -0.2) is 4.98 Å². The summed E-state index contributed by atoms with van der Waals surface area (Å²) in [5, 5.41) is 11.6. The molecule has 0 aliphatic carbocycles. The Labute approximate surface area is 133 Å². The van der Waals surface area contributed by atoms with Crippen molar-refractivity contribution in [1.82, 2.24) is 4.98 Å². The summed E-state index contributed by atoms with van der Waals surface area (Å²) >= 11 is 0. The maximum atomic E-state index is 10.9. The second-order valence-corrected chi connectivity index (χ2v) is 6.06. The third-order valence-electron chi connectivity index (χ3n) is 4.51. The van der Waals surface area contributed by atoms with E-state index in [-0.39, 0.29) is 16.2 Å². The van der Waals surface area contributed by atoms with E-state index in [4.69, 9.17) is 9.47 Å². The lowest BCUT2D eigenvalue weighted by Crippen LogP contribution is -2.52. The topological polar surface area (TPSA) is 77.7 Å². The molecule has 4 rings (SSSR count). The fourth-order valence-corrected chi connectivity index (χ4v) is 3.26. The van der Waals surface area contributed by atoms with E-state index in [0.29, 0.717) is 13.2 Å². The summed E-state index contributed by atoms with van der Waals surface area (Å²) in [4.78, 5) is 17.3. The molecule has 1 atom stereocenters. The number of ether oxygens (including phenoxy) is 2. The quantitative estimate of drug-likeness (QED) is 0.624. The molecular weight excluding hydrogens is 298 g/mol. The van der Waals surface area contributed by atoms with Gasteiger partial charge in [0.2, 0.25) is 0 Å². The predicted molar refractivity (Wildman–Crippen MR) is 84.7 cm³/mol. The molecule has 3 heterocycles. The van der Waals surface area contributed by atoms with Gasteiger partial charge < -0.3 is 14.4 Å². The van der Waals surface area contributed by atoms with Crippen LogP contribution in [0.2, 0.25) is 0 Å². The van der Waals surface area contributed by atoms with E-state index in [0.717, 1.165) is 42.8 Å². The van der Waals surface area contributed by atoms with Crippen molar-refractivity contribution in [3.63, 3.8) is 0 Å². The van der Waals surface area contributed by atoms with Gasteiger partial charge in [-0.05, 0) is 18.2 Å². The highest BCUT2D eigenvalue weighted by atomic mass is 16.6. The molecular formula is C16H17N3O4. The molecule has 1 spiro atoms. The van der Waals surface area contributed by atoms with Gasteiger partial charge in [-0.2, -0.15) is 0 Å². The van der Waals surface area contributed by atoms with Crippen molar-refractivity contribution < 1.29 is 14.4 Å². The average Bonchev–Trinajstić information content (AvgIpc) is 3.01. The van der Waals surface area contributed by atoms with Gasteiger partial charge in [0.05, 0.1) is 30.2 Å². The summed E-state index contributed by atoms with van der Waals surface area (Å²) in [6, 6.07) is 8.55. The van der Waals surface area contributed by atoms with E-state index in [2.05, 4.69) is 9.88 Å². The number of hydrogen-bond donors (Lipinski definition) is 0. The molecule has 2 saturated heterocycles. The molecule has 7 nitrogen and oxygen atoms in total. The molecule has 0 amide bonds. The van der Waals surface area contributed by atoms with Crippen LogP contribution in [-0.4, -0.2) is 48.4 Å². The van der Waals surface area contributed by atoms with Crippen molar-refractivity contribution in [2.75, 3.05) is 37.8 Å². The number of nitrogens with zero attached hydrogens (tertiary/aromatic N) is 3. The van der Waals surface area contributed by atoms with Crippen LogP contribution in [0, 0.1) is 10.1 Å². The third-order valence-corrected chi connectivity index (χ3v) is 4.51. The molecule has 1 aromatic heterocycles. The van der Waals surface area contributed by atoms with Crippen LogP contribution in [0.25, 0.3) is 10.9 Å². The second-order valence-electron chi connectivity index (χ2n) is 6.06. The van der Waals surface area contributed by atoms with Crippen molar-refractivity contribution in [1.29, 1.82) is 0 Å². The number of nitro groups is 1. The zero-order valence-corrected chi connectivity index (χ0v) is 12.6. The minimum atomic E-state index is -0.390. The first kappa shape index (κ1) is 14.3. The van der Waals surface area contributed by atoms with Crippen LogP contribution >= 0.6 is 0 Å². The largest absolute Gasteiger partial charge is 0.378 e. The summed E-state index contributed by atoms with van der Waals surface area (Å²) in [7, 11) is 0. The number of non-ortho nitro benzene ring substituents is 1. The first-order valence-corrected chi connectivity index (χ1v) is 7.67. The summed E-state index contributed by atoms with van der Waals surface area (Å²) < 4.78 is 11.4. The van der Waals surface area contributed by atoms with Crippen molar-refractivity contribution in [2.24, 2.45) is 0 Å². The van der Waals surface area contributed by atoms with Crippen molar-refractivity contribution in [3.8, 4) is 0 Å². The molecule has 0 bridgehead atoms. The highest BCUT2D eigenvalue weighted by molar-refractivity contribution is 5.82. The second kappa shape index (κ2) is 5.43. The molecule has 23 heavy (non-hydrogen) atoms. The number of pyridine rings is 1. The Morgan fingerprint density at radius 3 is 2.96 bits per heavy atom. The monoisotopic (exact) mass is 315 g/mol. The molecule has 2 aliphatic rings. The van der Waals surface area contributed by atoms with E-state index in [1.54, 1.807) is 12.1 Å². The number of aromatic nitrogens is 1. The van der Waals surface area contributed by atoms with E-state index < -0.39 is 0 Å². The maximum Gasteiger partial charge on any atom is 0.270 e. The normalized spacial score (nSPS) is 24.4. The Hall–Kier alpha value is -2.25. The number of morpholine rings is 1. The van der Waals surface area contributed by atoms with Crippen LogP contribution in [0.5, 0.6) is 0 Å². The van der Waals surface area contributed by atoms with Crippen molar-refractivity contribution >= 4 is 22.4 Å². The van der Waals surface area contributed by atoms with Crippen LogP contribution in [-0.2, 0) is 9.47 Å². The molecule has 2 aliphatic heterocycles. The Bertz CT molecular complexity index is 758.